The van der Waals surface area contributed by atoms with Crippen molar-refractivity contribution in [3.8, 4) is 0 Å². The molecule has 0 radical (unpaired) electrons. The van der Waals surface area contributed by atoms with Crippen molar-refractivity contribution in [1.29, 1.82) is 0 Å². The Hall–Kier alpha value is -2.02. The molecule has 2 aromatic rings. The highest BCUT2D eigenvalue weighted by Crippen LogP contribution is 2.17. The van der Waals surface area contributed by atoms with Crippen LogP contribution in [0.4, 0.5) is 14.5 Å². The number of benzene rings is 1. The van der Waals surface area contributed by atoms with Gasteiger partial charge in [-0.05, 0) is 13.0 Å². The maximum Gasteiger partial charge on any atom is 0.254 e. The molecule has 3 N–H and O–H groups in total. The highest BCUT2D eigenvalue weighted by molar-refractivity contribution is 7.11. The van der Waals surface area contributed by atoms with Gasteiger partial charge in [-0.2, -0.15) is 0 Å². The molecule has 0 atom stereocenters. The third kappa shape index (κ3) is 3.05. The molecule has 0 spiro atoms. The van der Waals surface area contributed by atoms with Gasteiger partial charge < -0.3 is 11.1 Å². The van der Waals surface area contributed by atoms with Crippen molar-refractivity contribution in [3.05, 3.63) is 45.4 Å². The number of rotatable bonds is 3. The van der Waals surface area contributed by atoms with E-state index in [0.717, 1.165) is 10.9 Å². The zero-order valence-corrected chi connectivity index (χ0v) is 10.9. The van der Waals surface area contributed by atoms with Crippen LogP contribution in [0, 0.1) is 18.6 Å². The standard InChI is InChI=1S/C12H11F2N3OS/c1-6-4-16-11(19-6)5-17-12(18)7-2-10(15)9(14)3-8(7)13/h2-4H,5,15H2,1H3,(H,17,18). The van der Waals surface area contributed by atoms with Crippen molar-refractivity contribution in [3.63, 3.8) is 0 Å². The molecular weight excluding hydrogens is 272 g/mol. The second-order valence-electron chi connectivity index (χ2n) is 3.90. The summed E-state index contributed by atoms with van der Waals surface area (Å²) >= 11 is 1.43. The summed E-state index contributed by atoms with van der Waals surface area (Å²) in [6.45, 7) is 2.08. The van der Waals surface area contributed by atoms with E-state index in [2.05, 4.69) is 10.3 Å². The first kappa shape index (κ1) is 13.4. The minimum atomic E-state index is -0.945. The van der Waals surface area contributed by atoms with Crippen molar-refractivity contribution in [2.75, 3.05) is 5.73 Å². The van der Waals surface area contributed by atoms with Crippen molar-refractivity contribution in [2.45, 2.75) is 13.5 Å². The molecule has 1 amide bonds. The fourth-order valence-electron chi connectivity index (χ4n) is 1.47. The number of hydrogen-bond acceptors (Lipinski definition) is 4. The first-order valence-electron chi connectivity index (χ1n) is 5.41. The Labute approximate surface area is 112 Å². The molecule has 7 heteroatoms. The van der Waals surface area contributed by atoms with Crippen LogP contribution in [-0.4, -0.2) is 10.9 Å². The summed E-state index contributed by atoms with van der Waals surface area (Å²) in [6, 6.07) is 1.57. The molecule has 0 aliphatic heterocycles. The molecule has 0 unspecified atom stereocenters. The van der Waals surface area contributed by atoms with Crippen LogP contribution in [-0.2, 0) is 6.54 Å². The van der Waals surface area contributed by atoms with Crippen LogP contribution in [0.2, 0.25) is 0 Å². The van der Waals surface area contributed by atoms with Gasteiger partial charge in [0.05, 0.1) is 17.8 Å². The van der Waals surface area contributed by atoms with Crippen LogP contribution >= 0.6 is 11.3 Å². The van der Waals surface area contributed by atoms with E-state index >= 15 is 0 Å². The molecule has 0 aliphatic rings. The van der Waals surface area contributed by atoms with Gasteiger partial charge in [0.1, 0.15) is 16.6 Å². The highest BCUT2D eigenvalue weighted by atomic mass is 32.1. The smallest absolute Gasteiger partial charge is 0.254 e. The summed E-state index contributed by atoms with van der Waals surface area (Å²) in [7, 11) is 0. The van der Waals surface area contributed by atoms with Gasteiger partial charge in [0.2, 0.25) is 0 Å². The maximum atomic E-state index is 13.4. The van der Waals surface area contributed by atoms with Crippen molar-refractivity contribution >= 4 is 22.9 Å². The first-order valence-corrected chi connectivity index (χ1v) is 6.23. The van der Waals surface area contributed by atoms with E-state index < -0.39 is 17.5 Å². The quantitative estimate of drug-likeness (QED) is 0.849. The number of carbonyl (C=O) groups excluding carboxylic acids is 1. The maximum absolute atomic E-state index is 13.4. The van der Waals surface area contributed by atoms with E-state index in [9.17, 15) is 13.6 Å². The largest absolute Gasteiger partial charge is 0.396 e. The normalized spacial score (nSPS) is 10.5. The van der Waals surface area contributed by atoms with Gasteiger partial charge in [-0.3, -0.25) is 4.79 Å². The van der Waals surface area contributed by atoms with Crippen LogP contribution in [0.5, 0.6) is 0 Å². The van der Waals surface area contributed by atoms with Crippen molar-refractivity contribution < 1.29 is 13.6 Å². The number of anilines is 1. The Morgan fingerprint density at radius 2 is 2.16 bits per heavy atom. The van der Waals surface area contributed by atoms with Gasteiger partial charge in [-0.25, -0.2) is 13.8 Å². The molecule has 0 saturated carbocycles. The number of nitrogens with one attached hydrogen (secondary N) is 1. The number of carbonyl (C=O) groups is 1. The average molecular weight is 283 g/mol. The van der Waals surface area contributed by atoms with E-state index in [0.29, 0.717) is 11.1 Å². The van der Waals surface area contributed by atoms with Gasteiger partial charge in [-0.15, -0.1) is 11.3 Å². The number of nitrogens with zero attached hydrogens (tertiary/aromatic N) is 1. The Morgan fingerprint density at radius 1 is 1.42 bits per heavy atom. The third-order valence-corrected chi connectivity index (χ3v) is 3.31. The number of amides is 1. The van der Waals surface area contributed by atoms with E-state index in [1.54, 1.807) is 6.20 Å². The van der Waals surface area contributed by atoms with Crippen LogP contribution in [0.1, 0.15) is 20.2 Å². The summed E-state index contributed by atoms with van der Waals surface area (Å²) in [5.41, 5.74) is 4.75. The molecule has 1 heterocycles. The molecular formula is C12H11F2N3OS. The molecule has 0 fully saturated rings. The molecule has 19 heavy (non-hydrogen) atoms. The summed E-state index contributed by atoms with van der Waals surface area (Å²) in [5.74, 6) is -2.49. The van der Waals surface area contributed by atoms with E-state index in [4.69, 9.17) is 5.73 Å². The second-order valence-corrected chi connectivity index (χ2v) is 5.22. The lowest BCUT2D eigenvalue weighted by molar-refractivity contribution is 0.0947. The number of nitrogen functional groups attached to an aromatic ring is 1. The lowest BCUT2D eigenvalue weighted by atomic mass is 10.1. The predicted octanol–water partition coefficient (Wildman–Crippen LogP) is 2.24. The van der Waals surface area contributed by atoms with Crippen molar-refractivity contribution in [2.24, 2.45) is 0 Å². The van der Waals surface area contributed by atoms with E-state index in [-0.39, 0.29) is 17.8 Å². The predicted molar refractivity (Wildman–Crippen MR) is 68.8 cm³/mol. The minimum Gasteiger partial charge on any atom is -0.396 e. The third-order valence-electron chi connectivity index (χ3n) is 2.40. The lowest BCUT2D eigenvalue weighted by Gasteiger charge is -2.06. The molecule has 4 nitrogen and oxygen atoms in total. The van der Waals surface area contributed by atoms with E-state index in [1.165, 1.54) is 11.3 Å². The summed E-state index contributed by atoms with van der Waals surface area (Å²) in [4.78, 5) is 16.8. The van der Waals surface area contributed by atoms with Crippen LogP contribution in [0.15, 0.2) is 18.3 Å². The van der Waals surface area contributed by atoms with Crippen LogP contribution in [0.25, 0.3) is 0 Å². The Bertz CT molecular complexity index is 627. The first-order chi connectivity index (χ1) is 8.97. The van der Waals surface area contributed by atoms with E-state index in [1.807, 2.05) is 6.92 Å². The molecule has 0 bridgehead atoms. The van der Waals surface area contributed by atoms with Crippen LogP contribution in [0.3, 0.4) is 0 Å². The number of aryl methyl sites for hydroxylation is 1. The monoisotopic (exact) mass is 283 g/mol. The Kier molecular flexibility index (Phi) is 3.75. The molecule has 0 aliphatic carbocycles. The number of hydrogen-bond donors (Lipinski definition) is 2. The summed E-state index contributed by atoms with van der Waals surface area (Å²) in [6.07, 6.45) is 1.68. The van der Waals surface area contributed by atoms with Gasteiger partial charge in [0.15, 0.2) is 0 Å². The Balaban J connectivity index is 2.10. The number of thiazole rings is 1. The van der Waals surface area contributed by atoms with Gasteiger partial charge in [-0.1, -0.05) is 0 Å². The summed E-state index contributed by atoms with van der Waals surface area (Å²) in [5, 5.41) is 3.22. The average Bonchev–Trinajstić information content (AvgIpc) is 2.77. The molecule has 0 saturated heterocycles. The lowest BCUT2D eigenvalue weighted by Crippen LogP contribution is -2.24. The Morgan fingerprint density at radius 3 is 2.79 bits per heavy atom. The zero-order valence-electron chi connectivity index (χ0n) is 10.0. The fourth-order valence-corrected chi connectivity index (χ4v) is 2.20. The number of aromatic nitrogens is 1. The van der Waals surface area contributed by atoms with Gasteiger partial charge >= 0.3 is 0 Å². The SMILES string of the molecule is Cc1cnc(CNC(=O)c2cc(N)c(F)cc2F)s1. The van der Waals surface area contributed by atoms with Crippen molar-refractivity contribution in [1.82, 2.24) is 10.3 Å². The zero-order chi connectivity index (χ0) is 14.0. The highest BCUT2D eigenvalue weighted by Gasteiger charge is 2.15. The van der Waals surface area contributed by atoms with Gasteiger partial charge in [0.25, 0.3) is 5.91 Å². The van der Waals surface area contributed by atoms with Crippen LogP contribution < -0.4 is 11.1 Å². The topological polar surface area (TPSA) is 68.0 Å². The minimum absolute atomic E-state index is 0.189. The number of halogens is 2. The number of nitrogens with two attached hydrogens (primary N) is 1. The molecule has 1 aromatic heterocycles. The molecule has 2 rings (SSSR count). The second kappa shape index (κ2) is 5.31. The molecule has 1 aromatic carbocycles. The summed E-state index contributed by atoms with van der Waals surface area (Å²) < 4.78 is 26.4. The van der Waals surface area contributed by atoms with Gasteiger partial charge in [0, 0.05) is 17.1 Å². The molecule has 100 valence electrons. The fraction of sp³-hybridized carbons (Fsp3) is 0.167.